The molecular formula is C16H19F2NO4. The Morgan fingerprint density at radius 2 is 1.91 bits per heavy atom. The van der Waals surface area contributed by atoms with E-state index < -0.39 is 41.1 Å². The lowest BCUT2D eigenvalue weighted by molar-refractivity contribution is -0.141. The molecule has 5 nitrogen and oxygen atoms in total. The number of carbonyl (C=O) groups excluding carboxylic acids is 1. The summed E-state index contributed by atoms with van der Waals surface area (Å²) >= 11 is 0. The third-order valence-corrected chi connectivity index (χ3v) is 3.65. The Morgan fingerprint density at radius 1 is 1.26 bits per heavy atom. The highest BCUT2D eigenvalue weighted by Crippen LogP contribution is 2.35. The number of carboxylic acids is 1. The summed E-state index contributed by atoms with van der Waals surface area (Å²) in [7, 11) is 0. The van der Waals surface area contributed by atoms with Gasteiger partial charge in [0.2, 0.25) is 0 Å². The van der Waals surface area contributed by atoms with E-state index in [2.05, 4.69) is 0 Å². The number of nitrogens with zero attached hydrogens (tertiary/aromatic N) is 1. The fourth-order valence-corrected chi connectivity index (χ4v) is 2.65. The molecule has 0 saturated carbocycles. The molecule has 2 atom stereocenters. The number of carboxylic acid groups (broad SMARTS) is 1. The average molecular weight is 327 g/mol. The van der Waals surface area contributed by atoms with E-state index >= 15 is 0 Å². The molecule has 126 valence electrons. The Hall–Kier alpha value is -2.18. The molecule has 0 bridgehead atoms. The summed E-state index contributed by atoms with van der Waals surface area (Å²) in [5.74, 6) is -4.40. The van der Waals surface area contributed by atoms with Crippen LogP contribution in [-0.2, 0) is 9.53 Å². The monoisotopic (exact) mass is 327 g/mol. The summed E-state index contributed by atoms with van der Waals surface area (Å²) in [5.41, 5.74) is -0.625. The van der Waals surface area contributed by atoms with Gasteiger partial charge in [-0.2, -0.15) is 0 Å². The zero-order valence-corrected chi connectivity index (χ0v) is 13.2. The van der Waals surface area contributed by atoms with Crippen molar-refractivity contribution < 1.29 is 28.2 Å². The molecule has 0 radical (unpaired) electrons. The van der Waals surface area contributed by atoms with E-state index in [1.165, 1.54) is 11.0 Å². The largest absolute Gasteiger partial charge is 0.481 e. The molecule has 0 aromatic heterocycles. The van der Waals surface area contributed by atoms with E-state index in [0.29, 0.717) is 6.07 Å². The van der Waals surface area contributed by atoms with Crippen LogP contribution in [0.4, 0.5) is 13.6 Å². The summed E-state index contributed by atoms with van der Waals surface area (Å²) < 4.78 is 32.2. The second kappa shape index (κ2) is 6.14. The molecule has 23 heavy (non-hydrogen) atoms. The lowest BCUT2D eigenvalue weighted by Crippen LogP contribution is -2.35. The van der Waals surface area contributed by atoms with Crippen molar-refractivity contribution in [2.45, 2.75) is 32.3 Å². The molecule has 0 aliphatic carbocycles. The Morgan fingerprint density at radius 3 is 2.43 bits per heavy atom. The van der Waals surface area contributed by atoms with Crippen molar-refractivity contribution >= 4 is 12.1 Å². The lowest BCUT2D eigenvalue weighted by Gasteiger charge is -2.24. The van der Waals surface area contributed by atoms with Gasteiger partial charge in [0.05, 0.1) is 5.92 Å². The number of likely N-dealkylation sites (tertiary alicyclic amines) is 1. The third-order valence-electron chi connectivity index (χ3n) is 3.65. The van der Waals surface area contributed by atoms with Gasteiger partial charge in [0.1, 0.15) is 17.2 Å². The molecule has 0 spiro atoms. The van der Waals surface area contributed by atoms with Crippen molar-refractivity contribution in [2.75, 3.05) is 13.1 Å². The number of hydrogen-bond donors (Lipinski definition) is 1. The molecule has 1 fully saturated rings. The van der Waals surface area contributed by atoms with Crippen LogP contribution in [0.5, 0.6) is 0 Å². The first-order valence-corrected chi connectivity index (χ1v) is 7.24. The normalized spacial score (nSPS) is 21.3. The fraction of sp³-hybridized carbons (Fsp3) is 0.500. The Balaban J connectivity index is 2.25. The minimum Gasteiger partial charge on any atom is -0.481 e. The Bertz CT molecular complexity index is 627. The minimum atomic E-state index is -1.13. The number of hydrogen-bond acceptors (Lipinski definition) is 3. The molecule has 1 aromatic carbocycles. The van der Waals surface area contributed by atoms with E-state index in [4.69, 9.17) is 4.74 Å². The summed E-state index contributed by atoms with van der Waals surface area (Å²) in [6, 6.07) is 3.02. The number of halogens is 2. The standard InChI is InChI=1S/C16H19F2NO4/c1-16(2,3)23-15(22)19-7-11(12(8-19)14(20)21)10-5-4-9(17)6-13(10)18/h4-6,11-12H,7-8H2,1-3H3,(H,20,21)/t11-,12?/m0/s1. The zero-order chi connectivity index (χ0) is 17.4. The van der Waals surface area contributed by atoms with Crippen LogP contribution in [0.2, 0.25) is 0 Å². The van der Waals surface area contributed by atoms with Crippen LogP contribution in [0.25, 0.3) is 0 Å². The lowest BCUT2D eigenvalue weighted by atomic mass is 9.88. The second-order valence-electron chi connectivity index (χ2n) is 6.60. The van der Waals surface area contributed by atoms with Crippen molar-refractivity contribution in [3.63, 3.8) is 0 Å². The maximum atomic E-state index is 14.0. The summed E-state index contributed by atoms with van der Waals surface area (Å²) in [6.07, 6.45) is -0.645. The van der Waals surface area contributed by atoms with Gasteiger partial charge in [-0.05, 0) is 32.4 Å². The summed E-state index contributed by atoms with van der Waals surface area (Å²) in [4.78, 5) is 24.8. The van der Waals surface area contributed by atoms with Crippen LogP contribution in [-0.4, -0.2) is 40.8 Å². The highest BCUT2D eigenvalue weighted by Gasteiger charge is 2.42. The molecule has 1 N–H and O–H groups in total. The number of amides is 1. The predicted molar refractivity (Wildman–Crippen MR) is 78.0 cm³/mol. The molecule has 1 unspecified atom stereocenters. The predicted octanol–water partition coefficient (Wildman–Crippen LogP) is 3.00. The minimum absolute atomic E-state index is 0.00837. The zero-order valence-electron chi connectivity index (χ0n) is 13.2. The van der Waals surface area contributed by atoms with Crippen molar-refractivity contribution in [1.82, 2.24) is 4.90 Å². The van der Waals surface area contributed by atoms with Crippen LogP contribution in [0.3, 0.4) is 0 Å². The molecule has 2 rings (SSSR count). The molecule has 1 aliphatic rings. The Labute approximate surface area is 132 Å². The molecule has 1 heterocycles. The number of rotatable bonds is 2. The van der Waals surface area contributed by atoms with Crippen LogP contribution in [0, 0.1) is 17.6 Å². The number of benzene rings is 1. The topological polar surface area (TPSA) is 66.8 Å². The number of ether oxygens (including phenoxy) is 1. The van der Waals surface area contributed by atoms with Crippen LogP contribution < -0.4 is 0 Å². The van der Waals surface area contributed by atoms with Gasteiger partial charge in [0.25, 0.3) is 0 Å². The van der Waals surface area contributed by atoms with E-state index in [1.807, 2.05) is 0 Å². The summed E-state index contributed by atoms with van der Waals surface area (Å²) in [6.45, 7) is 5.03. The first-order chi connectivity index (χ1) is 10.6. The fourth-order valence-electron chi connectivity index (χ4n) is 2.65. The van der Waals surface area contributed by atoms with Gasteiger partial charge in [0.15, 0.2) is 0 Å². The van der Waals surface area contributed by atoms with Crippen LogP contribution in [0.15, 0.2) is 18.2 Å². The van der Waals surface area contributed by atoms with E-state index in [1.54, 1.807) is 20.8 Å². The molecule has 1 amide bonds. The highest BCUT2D eigenvalue weighted by atomic mass is 19.1. The van der Waals surface area contributed by atoms with Gasteiger partial charge < -0.3 is 14.7 Å². The van der Waals surface area contributed by atoms with Gasteiger partial charge in [-0.1, -0.05) is 6.07 Å². The molecule has 1 aliphatic heterocycles. The maximum Gasteiger partial charge on any atom is 0.410 e. The summed E-state index contributed by atoms with van der Waals surface area (Å²) in [5, 5.41) is 9.35. The number of aliphatic carboxylic acids is 1. The van der Waals surface area contributed by atoms with Crippen LogP contribution in [0.1, 0.15) is 32.3 Å². The first-order valence-electron chi connectivity index (χ1n) is 7.24. The maximum absolute atomic E-state index is 14.0. The average Bonchev–Trinajstić information content (AvgIpc) is 2.81. The van der Waals surface area contributed by atoms with Crippen molar-refractivity contribution in [2.24, 2.45) is 5.92 Å². The van der Waals surface area contributed by atoms with E-state index in [9.17, 15) is 23.5 Å². The van der Waals surface area contributed by atoms with Crippen LogP contribution >= 0.6 is 0 Å². The first kappa shape index (κ1) is 17.2. The van der Waals surface area contributed by atoms with Crippen molar-refractivity contribution in [1.29, 1.82) is 0 Å². The Kier molecular flexibility index (Phi) is 4.58. The van der Waals surface area contributed by atoms with Gasteiger partial charge in [-0.25, -0.2) is 13.6 Å². The molecular weight excluding hydrogens is 308 g/mol. The quantitative estimate of drug-likeness (QED) is 0.907. The van der Waals surface area contributed by atoms with Gasteiger partial charge in [-0.3, -0.25) is 4.79 Å². The van der Waals surface area contributed by atoms with Crippen molar-refractivity contribution in [3.8, 4) is 0 Å². The number of carbonyl (C=O) groups is 2. The van der Waals surface area contributed by atoms with Crippen molar-refractivity contribution in [3.05, 3.63) is 35.4 Å². The highest BCUT2D eigenvalue weighted by molar-refractivity contribution is 5.76. The molecule has 7 heteroatoms. The van der Waals surface area contributed by atoms with Gasteiger partial charge in [0, 0.05) is 25.1 Å². The van der Waals surface area contributed by atoms with E-state index in [-0.39, 0.29) is 18.7 Å². The second-order valence-corrected chi connectivity index (χ2v) is 6.60. The van der Waals surface area contributed by atoms with Gasteiger partial charge in [-0.15, -0.1) is 0 Å². The third kappa shape index (κ3) is 3.97. The molecule has 1 aromatic rings. The SMILES string of the molecule is CC(C)(C)OC(=O)N1CC(C(=O)O)[C@H](c2ccc(F)cc2F)C1. The van der Waals surface area contributed by atoms with E-state index in [0.717, 1.165) is 6.07 Å². The smallest absolute Gasteiger partial charge is 0.410 e. The molecule has 1 saturated heterocycles. The van der Waals surface area contributed by atoms with Gasteiger partial charge >= 0.3 is 12.1 Å².